The highest BCUT2D eigenvalue weighted by Crippen LogP contribution is 2.42. The summed E-state index contributed by atoms with van der Waals surface area (Å²) in [6, 6.07) is 10.5. The third-order valence-electron chi connectivity index (χ3n) is 5.50. The van der Waals surface area contributed by atoms with E-state index in [1.54, 1.807) is 43.9 Å². The van der Waals surface area contributed by atoms with Crippen molar-refractivity contribution in [3.05, 3.63) is 65.6 Å². The summed E-state index contributed by atoms with van der Waals surface area (Å²) in [5.74, 6) is 0.140. The average molecular weight is 463 g/mol. The number of hydrogen-bond donors (Lipinski definition) is 1. The second kappa shape index (κ2) is 9.42. The number of nitrogens with zero attached hydrogens (tertiary/aromatic N) is 4. The minimum absolute atomic E-state index is 0.187. The number of methoxy groups -OCH3 is 1. The van der Waals surface area contributed by atoms with Gasteiger partial charge in [-0.1, -0.05) is 23.7 Å². The molecule has 168 valence electrons. The van der Waals surface area contributed by atoms with Crippen molar-refractivity contribution in [2.45, 2.75) is 13.8 Å². The molecule has 0 aliphatic rings. The van der Waals surface area contributed by atoms with Crippen LogP contribution in [-0.2, 0) is 0 Å². The van der Waals surface area contributed by atoms with E-state index in [9.17, 15) is 9.90 Å². The third-order valence-corrected chi connectivity index (χ3v) is 5.71. The minimum Gasteiger partial charge on any atom is -0.494 e. The van der Waals surface area contributed by atoms with Crippen LogP contribution < -0.4 is 9.64 Å². The molecule has 8 heteroatoms. The molecule has 2 heterocycles. The molecular weight excluding hydrogens is 440 g/mol. The maximum atomic E-state index is 11.6. The van der Waals surface area contributed by atoms with Crippen molar-refractivity contribution in [1.29, 1.82) is 0 Å². The number of anilines is 1. The second-order valence-corrected chi connectivity index (χ2v) is 7.82. The lowest BCUT2D eigenvalue weighted by atomic mass is 9.94. The van der Waals surface area contributed by atoms with Gasteiger partial charge >= 0.3 is 5.97 Å². The Labute approximate surface area is 196 Å². The molecule has 0 saturated heterocycles. The van der Waals surface area contributed by atoms with E-state index in [2.05, 4.69) is 14.9 Å². The highest BCUT2D eigenvalue weighted by Gasteiger charge is 2.20. The first-order valence-corrected chi connectivity index (χ1v) is 10.9. The summed E-state index contributed by atoms with van der Waals surface area (Å²) in [7, 11) is 1.58. The van der Waals surface area contributed by atoms with Gasteiger partial charge in [-0.05, 0) is 49.2 Å². The van der Waals surface area contributed by atoms with Gasteiger partial charge in [0.15, 0.2) is 5.75 Å². The van der Waals surface area contributed by atoms with Gasteiger partial charge in [0, 0.05) is 48.2 Å². The van der Waals surface area contributed by atoms with Crippen molar-refractivity contribution < 1.29 is 14.6 Å². The monoisotopic (exact) mass is 462 g/mol. The van der Waals surface area contributed by atoms with Crippen molar-refractivity contribution in [1.82, 2.24) is 15.0 Å². The smallest absolute Gasteiger partial charge is 0.335 e. The van der Waals surface area contributed by atoms with Gasteiger partial charge in [0.05, 0.1) is 17.7 Å². The molecule has 33 heavy (non-hydrogen) atoms. The van der Waals surface area contributed by atoms with E-state index >= 15 is 0 Å². The number of aromatic nitrogens is 3. The number of aromatic carboxylic acids is 1. The normalized spacial score (nSPS) is 10.9. The maximum Gasteiger partial charge on any atom is 0.335 e. The first kappa shape index (κ1) is 22.5. The van der Waals surface area contributed by atoms with Crippen molar-refractivity contribution >= 4 is 34.4 Å². The fraction of sp³-hybridized carbons (Fsp3) is 0.200. The summed E-state index contributed by atoms with van der Waals surface area (Å²) in [5.41, 5.74) is 3.85. The molecule has 0 aliphatic carbocycles. The van der Waals surface area contributed by atoms with Crippen molar-refractivity contribution in [3.8, 4) is 28.0 Å². The van der Waals surface area contributed by atoms with Crippen LogP contribution in [0.1, 0.15) is 24.2 Å². The quantitative estimate of drug-likeness (QED) is 0.384. The Morgan fingerprint density at radius 2 is 1.85 bits per heavy atom. The topological polar surface area (TPSA) is 88.4 Å². The fourth-order valence-corrected chi connectivity index (χ4v) is 4.03. The van der Waals surface area contributed by atoms with E-state index in [1.807, 2.05) is 32.0 Å². The van der Waals surface area contributed by atoms with Gasteiger partial charge in [-0.15, -0.1) is 0 Å². The zero-order chi connectivity index (χ0) is 23.5. The van der Waals surface area contributed by atoms with E-state index in [-0.39, 0.29) is 5.56 Å². The van der Waals surface area contributed by atoms with Crippen LogP contribution in [0.4, 0.5) is 5.95 Å². The van der Waals surface area contributed by atoms with Gasteiger partial charge in [-0.25, -0.2) is 14.8 Å². The number of hydrogen-bond acceptors (Lipinski definition) is 6. The van der Waals surface area contributed by atoms with Crippen LogP contribution in [0.15, 0.2) is 55.0 Å². The van der Waals surface area contributed by atoms with Crippen molar-refractivity contribution in [2.24, 2.45) is 0 Å². The molecule has 0 atom stereocenters. The van der Waals surface area contributed by atoms with E-state index in [0.29, 0.717) is 33.4 Å². The van der Waals surface area contributed by atoms with Crippen LogP contribution in [0.25, 0.3) is 33.2 Å². The zero-order valence-electron chi connectivity index (χ0n) is 18.5. The molecule has 2 aromatic carbocycles. The number of rotatable bonds is 7. The number of ether oxygens (including phenoxy) is 1. The Kier molecular flexibility index (Phi) is 6.42. The largest absolute Gasteiger partial charge is 0.494 e. The lowest BCUT2D eigenvalue weighted by Gasteiger charge is -2.21. The Balaban J connectivity index is 2.08. The Morgan fingerprint density at radius 3 is 2.52 bits per heavy atom. The predicted molar refractivity (Wildman–Crippen MR) is 130 cm³/mol. The molecule has 0 saturated carbocycles. The summed E-state index contributed by atoms with van der Waals surface area (Å²) in [5, 5.41) is 10.8. The van der Waals surface area contributed by atoms with E-state index in [0.717, 1.165) is 29.6 Å². The SMILES string of the molecule is CCN(CC)c1ncc2c(-c3cncc(Cl)c3)cc(-c3cccc(C(=O)O)c3)c(OC)c2n1. The summed E-state index contributed by atoms with van der Waals surface area (Å²) < 4.78 is 5.83. The van der Waals surface area contributed by atoms with Crippen molar-refractivity contribution in [3.63, 3.8) is 0 Å². The molecule has 0 unspecified atom stereocenters. The number of benzene rings is 2. The molecule has 4 rings (SSSR count). The molecule has 0 bridgehead atoms. The molecule has 1 N–H and O–H groups in total. The summed E-state index contributed by atoms with van der Waals surface area (Å²) >= 11 is 6.23. The maximum absolute atomic E-state index is 11.6. The van der Waals surface area contributed by atoms with Gasteiger partial charge in [-0.2, -0.15) is 0 Å². The Hall–Kier alpha value is -3.71. The molecule has 0 fully saturated rings. The van der Waals surface area contributed by atoms with Crippen LogP contribution in [0, 0.1) is 0 Å². The van der Waals surface area contributed by atoms with Crippen LogP contribution in [-0.4, -0.2) is 46.2 Å². The van der Waals surface area contributed by atoms with Crippen molar-refractivity contribution in [2.75, 3.05) is 25.1 Å². The Morgan fingerprint density at radius 1 is 1.06 bits per heavy atom. The van der Waals surface area contributed by atoms with Crippen LogP contribution in [0.2, 0.25) is 5.02 Å². The lowest BCUT2D eigenvalue weighted by Crippen LogP contribution is -2.24. The third kappa shape index (κ3) is 4.32. The molecule has 7 nitrogen and oxygen atoms in total. The molecule has 4 aromatic rings. The molecular formula is C25H23ClN4O3. The molecule has 0 radical (unpaired) electrons. The number of fused-ring (bicyclic) bond motifs is 1. The van der Waals surface area contributed by atoms with E-state index < -0.39 is 5.97 Å². The highest BCUT2D eigenvalue weighted by molar-refractivity contribution is 6.30. The molecule has 0 amide bonds. The predicted octanol–water partition coefficient (Wildman–Crippen LogP) is 5.57. The second-order valence-electron chi connectivity index (χ2n) is 7.39. The van der Waals surface area contributed by atoms with E-state index in [1.165, 1.54) is 0 Å². The number of halogens is 1. The average Bonchev–Trinajstić information content (AvgIpc) is 2.83. The summed E-state index contributed by atoms with van der Waals surface area (Å²) in [6.07, 6.45) is 5.08. The lowest BCUT2D eigenvalue weighted by molar-refractivity contribution is 0.0697. The van der Waals surface area contributed by atoms with Gasteiger partial charge < -0.3 is 14.7 Å². The number of carboxylic acids is 1. The molecule has 2 aromatic heterocycles. The van der Waals surface area contributed by atoms with Gasteiger partial charge in [0.25, 0.3) is 0 Å². The highest BCUT2D eigenvalue weighted by atomic mass is 35.5. The standard InChI is InChI=1S/C25H23ClN4O3/c1-4-30(5-2)25-28-14-21-19(17-10-18(26)13-27-12-17)11-20(23(33-3)22(21)29-25)15-7-6-8-16(9-15)24(31)32/h6-14H,4-5H2,1-3H3,(H,31,32). The first-order chi connectivity index (χ1) is 16.0. The van der Waals surface area contributed by atoms with Gasteiger partial charge in [0.2, 0.25) is 5.95 Å². The molecule has 0 spiro atoms. The minimum atomic E-state index is -0.998. The van der Waals surface area contributed by atoms with Crippen LogP contribution in [0.3, 0.4) is 0 Å². The van der Waals surface area contributed by atoms with Crippen LogP contribution >= 0.6 is 11.6 Å². The van der Waals surface area contributed by atoms with E-state index in [4.69, 9.17) is 21.3 Å². The number of carbonyl (C=O) groups is 1. The van der Waals surface area contributed by atoms with Crippen LogP contribution in [0.5, 0.6) is 5.75 Å². The first-order valence-electron chi connectivity index (χ1n) is 10.5. The zero-order valence-corrected chi connectivity index (χ0v) is 19.3. The van der Waals surface area contributed by atoms with Gasteiger partial charge in [0.1, 0.15) is 5.52 Å². The molecule has 0 aliphatic heterocycles. The van der Waals surface area contributed by atoms with Gasteiger partial charge in [-0.3, -0.25) is 4.98 Å². The summed E-state index contributed by atoms with van der Waals surface area (Å²) in [6.45, 7) is 5.61. The number of pyridine rings is 1. The fourth-order valence-electron chi connectivity index (χ4n) is 3.86. The Bertz CT molecular complexity index is 1340. The number of carboxylic acid groups (broad SMARTS) is 1. The summed E-state index contributed by atoms with van der Waals surface area (Å²) in [4.78, 5) is 27.3.